The van der Waals surface area contributed by atoms with Crippen molar-refractivity contribution in [1.82, 2.24) is 10.2 Å². The molecule has 7 heteroatoms. The van der Waals surface area contributed by atoms with Gasteiger partial charge in [0.15, 0.2) is 11.5 Å². The lowest BCUT2D eigenvalue weighted by Gasteiger charge is -2.21. The van der Waals surface area contributed by atoms with Crippen LogP contribution in [0.5, 0.6) is 17.2 Å². The number of nitrogens with one attached hydrogen (secondary N) is 1. The highest BCUT2D eigenvalue weighted by atomic mass is 16.5. The molecule has 1 saturated heterocycles. The standard InChI is InChI=1S/C25H38N2O5/c1-16(2)10-11-26-24(28)20-15-27(25(29)17-8-6-7-9-17)14-19(20)18-12-21(30-3)23(32-5)22(13-18)31-4/h12-13,16-17,19-20H,6-11,14-15H2,1-5H3,(H,26,28). The van der Waals surface area contributed by atoms with Crippen LogP contribution in [0, 0.1) is 17.8 Å². The van der Waals surface area contributed by atoms with Crippen molar-refractivity contribution in [2.45, 2.75) is 51.9 Å². The minimum atomic E-state index is -0.310. The van der Waals surface area contributed by atoms with Crippen molar-refractivity contribution in [3.05, 3.63) is 17.7 Å². The molecule has 7 nitrogen and oxygen atoms in total. The number of ether oxygens (including phenoxy) is 3. The molecule has 1 N–H and O–H groups in total. The van der Waals surface area contributed by atoms with Crippen molar-refractivity contribution in [3.8, 4) is 17.2 Å². The molecule has 32 heavy (non-hydrogen) atoms. The number of carbonyl (C=O) groups is 2. The lowest BCUT2D eigenvalue weighted by molar-refractivity contribution is -0.134. The van der Waals surface area contributed by atoms with Gasteiger partial charge < -0.3 is 24.4 Å². The third-order valence-corrected chi connectivity index (χ3v) is 6.81. The molecule has 1 aliphatic heterocycles. The molecule has 2 fully saturated rings. The smallest absolute Gasteiger partial charge is 0.225 e. The van der Waals surface area contributed by atoms with E-state index in [0.29, 0.717) is 42.8 Å². The highest BCUT2D eigenvalue weighted by Crippen LogP contribution is 2.43. The summed E-state index contributed by atoms with van der Waals surface area (Å²) in [6.45, 7) is 5.90. The van der Waals surface area contributed by atoms with Crippen LogP contribution in [0.1, 0.15) is 57.4 Å². The van der Waals surface area contributed by atoms with Crippen LogP contribution < -0.4 is 19.5 Å². The summed E-state index contributed by atoms with van der Waals surface area (Å²) in [6.07, 6.45) is 5.06. The molecule has 1 aromatic rings. The van der Waals surface area contributed by atoms with Gasteiger partial charge in [0, 0.05) is 31.5 Å². The molecule has 2 atom stereocenters. The Hall–Kier alpha value is -2.44. The summed E-state index contributed by atoms with van der Waals surface area (Å²) in [5.74, 6) is 2.01. The average molecular weight is 447 g/mol. The number of nitrogens with zero attached hydrogens (tertiary/aromatic N) is 1. The van der Waals surface area contributed by atoms with Crippen molar-refractivity contribution >= 4 is 11.8 Å². The zero-order valence-electron chi connectivity index (χ0n) is 20.1. The number of amides is 2. The van der Waals surface area contributed by atoms with Crippen LogP contribution in [0.3, 0.4) is 0 Å². The minimum absolute atomic E-state index is 0.00567. The molecule has 1 aromatic carbocycles. The van der Waals surface area contributed by atoms with Crippen LogP contribution in [-0.4, -0.2) is 57.7 Å². The predicted molar refractivity (Wildman–Crippen MR) is 123 cm³/mol. The first-order chi connectivity index (χ1) is 15.4. The first kappa shape index (κ1) is 24.2. The van der Waals surface area contributed by atoms with Crippen LogP contribution in [0.4, 0.5) is 0 Å². The summed E-state index contributed by atoms with van der Waals surface area (Å²) in [7, 11) is 4.74. The predicted octanol–water partition coefficient (Wildman–Crippen LogP) is 3.61. The molecule has 0 spiro atoms. The van der Waals surface area contributed by atoms with E-state index >= 15 is 0 Å². The largest absolute Gasteiger partial charge is 0.493 e. The van der Waals surface area contributed by atoms with Gasteiger partial charge in [-0.3, -0.25) is 9.59 Å². The molecule has 2 unspecified atom stereocenters. The summed E-state index contributed by atoms with van der Waals surface area (Å²) in [4.78, 5) is 28.3. The summed E-state index contributed by atoms with van der Waals surface area (Å²) >= 11 is 0. The second kappa shape index (κ2) is 10.9. The van der Waals surface area contributed by atoms with Gasteiger partial charge in [0.25, 0.3) is 0 Å². The molecule has 1 heterocycles. The maximum atomic E-state index is 13.2. The Kier molecular flexibility index (Phi) is 8.26. The van der Waals surface area contributed by atoms with E-state index in [1.807, 2.05) is 17.0 Å². The lowest BCUT2D eigenvalue weighted by Crippen LogP contribution is -2.37. The van der Waals surface area contributed by atoms with Crippen molar-refractivity contribution in [1.29, 1.82) is 0 Å². The Balaban J connectivity index is 1.88. The highest BCUT2D eigenvalue weighted by molar-refractivity contribution is 5.84. The molecule has 0 radical (unpaired) electrons. The first-order valence-electron chi connectivity index (χ1n) is 11.8. The number of carbonyl (C=O) groups excluding carboxylic acids is 2. The molecule has 1 saturated carbocycles. The summed E-state index contributed by atoms with van der Waals surface area (Å²) < 4.78 is 16.5. The van der Waals surface area contributed by atoms with Crippen molar-refractivity contribution in [2.24, 2.45) is 17.8 Å². The fourth-order valence-electron chi connectivity index (χ4n) is 4.95. The zero-order valence-corrected chi connectivity index (χ0v) is 20.1. The quantitative estimate of drug-likeness (QED) is 0.627. The van der Waals surface area contributed by atoms with E-state index < -0.39 is 0 Å². The van der Waals surface area contributed by atoms with Gasteiger partial charge in [0.1, 0.15) is 0 Å². The van der Waals surface area contributed by atoms with Crippen LogP contribution in [0.25, 0.3) is 0 Å². The molecular weight excluding hydrogens is 408 g/mol. The number of likely N-dealkylation sites (tertiary alicyclic amines) is 1. The summed E-state index contributed by atoms with van der Waals surface area (Å²) in [6, 6.07) is 3.81. The monoisotopic (exact) mass is 446 g/mol. The third kappa shape index (κ3) is 5.30. The molecule has 3 rings (SSSR count). The van der Waals surface area contributed by atoms with Crippen LogP contribution in [0.2, 0.25) is 0 Å². The second-order valence-electron chi connectivity index (χ2n) is 9.37. The maximum Gasteiger partial charge on any atom is 0.225 e. The Morgan fingerprint density at radius 3 is 2.19 bits per heavy atom. The number of methoxy groups -OCH3 is 3. The van der Waals surface area contributed by atoms with Gasteiger partial charge in [-0.1, -0.05) is 26.7 Å². The SMILES string of the molecule is COc1cc(C2CN(C(=O)C3CCCC3)CC2C(=O)NCCC(C)C)cc(OC)c1OC. The molecule has 1 aliphatic carbocycles. The number of hydrogen-bond donors (Lipinski definition) is 1. The average Bonchev–Trinajstić information content (AvgIpc) is 3.47. The van der Waals surface area contributed by atoms with Crippen LogP contribution >= 0.6 is 0 Å². The normalized spacial score (nSPS) is 21.1. The first-order valence-corrected chi connectivity index (χ1v) is 11.8. The lowest BCUT2D eigenvalue weighted by atomic mass is 9.87. The topological polar surface area (TPSA) is 77.1 Å². The van der Waals surface area contributed by atoms with Gasteiger partial charge in [-0.2, -0.15) is 0 Å². The van der Waals surface area contributed by atoms with Crippen LogP contribution in [-0.2, 0) is 9.59 Å². The minimum Gasteiger partial charge on any atom is -0.493 e. The van der Waals surface area contributed by atoms with Gasteiger partial charge in [0.2, 0.25) is 17.6 Å². The summed E-state index contributed by atoms with van der Waals surface area (Å²) in [5, 5.41) is 3.10. The van der Waals surface area contributed by atoms with E-state index in [1.165, 1.54) is 0 Å². The van der Waals surface area contributed by atoms with Crippen LogP contribution in [0.15, 0.2) is 12.1 Å². The number of rotatable bonds is 9. The number of benzene rings is 1. The van der Waals surface area contributed by atoms with Gasteiger partial charge in [0.05, 0.1) is 27.2 Å². The molecule has 2 aliphatic rings. The van der Waals surface area contributed by atoms with Crippen molar-refractivity contribution in [2.75, 3.05) is 41.0 Å². The Morgan fingerprint density at radius 2 is 1.66 bits per heavy atom. The third-order valence-electron chi connectivity index (χ3n) is 6.81. The van der Waals surface area contributed by atoms with E-state index in [4.69, 9.17) is 14.2 Å². The molecule has 178 valence electrons. The Bertz CT molecular complexity index is 779. The molecule has 2 amide bonds. The number of hydrogen-bond acceptors (Lipinski definition) is 5. The van der Waals surface area contributed by atoms with Gasteiger partial charge in [-0.05, 0) is 42.9 Å². The van der Waals surface area contributed by atoms with Crippen molar-refractivity contribution < 1.29 is 23.8 Å². The molecule has 0 aromatic heterocycles. The van der Waals surface area contributed by atoms with E-state index in [9.17, 15) is 9.59 Å². The van der Waals surface area contributed by atoms with Crippen molar-refractivity contribution in [3.63, 3.8) is 0 Å². The van der Waals surface area contributed by atoms with Gasteiger partial charge >= 0.3 is 0 Å². The Morgan fingerprint density at radius 1 is 1.03 bits per heavy atom. The van der Waals surface area contributed by atoms with E-state index in [2.05, 4.69) is 19.2 Å². The Labute approximate surface area is 191 Å². The highest BCUT2D eigenvalue weighted by Gasteiger charge is 2.42. The molecule has 0 bridgehead atoms. The van der Waals surface area contributed by atoms with E-state index in [-0.39, 0.29) is 29.6 Å². The van der Waals surface area contributed by atoms with Gasteiger partial charge in [-0.15, -0.1) is 0 Å². The van der Waals surface area contributed by atoms with Gasteiger partial charge in [-0.25, -0.2) is 0 Å². The fraction of sp³-hybridized carbons (Fsp3) is 0.680. The fourth-order valence-corrected chi connectivity index (χ4v) is 4.95. The maximum absolute atomic E-state index is 13.2. The summed E-state index contributed by atoms with van der Waals surface area (Å²) in [5.41, 5.74) is 0.922. The zero-order chi connectivity index (χ0) is 23.3. The van der Waals surface area contributed by atoms with E-state index in [0.717, 1.165) is 37.7 Å². The van der Waals surface area contributed by atoms with E-state index in [1.54, 1.807) is 21.3 Å². The second-order valence-corrected chi connectivity index (χ2v) is 9.37. The molecular formula is C25H38N2O5.